The third-order valence-corrected chi connectivity index (χ3v) is 3.97. The van der Waals surface area contributed by atoms with Crippen molar-refractivity contribution in [3.8, 4) is 17.1 Å². The first-order valence-electron chi connectivity index (χ1n) is 6.29. The minimum absolute atomic E-state index is 0.829. The summed E-state index contributed by atoms with van der Waals surface area (Å²) < 4.78 is 1.89. The molecule has 3 heterocycles. The van der Waals surface area contributed by atoms with Crippen molar-refractivity contribution in [3.63, 3.8) is 0 Å². The molecule has 4 aromatic rings. The highest BCUT2D eigenvalue weighted by atomic mass is 32.1. The lowest BCUT2D eigenvalue weighted by Crippen LogP contribution is -1.97. The fraction of sp³-hybridized carbons (Fsp3) is 0. The van der Waals surface area contributed by atoms with E-state index in [0.717, 1.165) is 27.3 Å². The van der Waals surface area contributed by atoms with Crippen LogP contribution in [0.1, 0.15) is 0 Å². The summed E-state index contributed by atoms with van der Waals surface area (Å²) in [6, 6.07) is 18.0. The molecular weight excluding hydrogens is 266 g/mol. The molecule has 0 bridgehead atoms. The third-order valence-electron chi connectivity index (χ3n) is 3.15. The summed E-state index contributed by atoms with van der Waals surface area (Å²) in [6.07, 6.45) is 1.78. The molecule has 0 amide bonds. The molecule has 0 saturated carbocycles. The molecule has 0 saturated heterocycles. The summed E-state index contributed by atoms with van der Waals surface area (Å²) in [6.45, 7) is 0. The molecule has 0 fully saturated rings. The molecule has 1 aromatic carbocycles. The monoisotopic (exact) mass is 276 g/mol. The Morgan fingerprint density at radius 2 is 1.85 bits per heavy atom. The van der Waals surface area contributed by atoms with Gasteiger partial charge in [0, 0.05) is 22.5 Å². The van der Waals surface area contributed by atoms with Gasteiger partial charge in [-0.2, -0.15) is 5.10 Å². The average Bonchev–Trinajstić information content (AvgIpc) is 3.11. The number of aromatic nitrogens is 3. The Morgan fingerprint density at radius 1 is 1.00 bits per heavy atom. The third kappa shape index (κ3) is 1.73. The van der Waals surface area contributed by atoms with Crippen LogP contribution in [-0.4, -0.2) is 14.8 Å². The van der Waals surface area contributed by atoms with Gasteiger partial charge in [0.15, 0.2) is 5.82 Å². The van der Waals surface area contributed by atoms with Crippen LogP contribution in [-0.2, 0) is 0 Å². The highest BCUT2D eigenvalue weighted by Crippen LogP contribution is 2.32. The van der Waals surface area contributed by atoms with Gasteiger partial charge in [0.25, 0.3) is 0 Å². The van der Waals surface area contributed by atoms with E-state index < -0.39 is 0 Å². The number of rotatable bonds is 2. The minimum atomic E-state index is 0.829. The quantitative estimate of drug-likeness (QED) is 0.555. The van der Waals surface area contributed by atoms with Gasteiger partial charge in [-0.3, -0.25) is 0 Å². The SMILES string of the molecule is [c]1cc2c(-c3ccccc3)nn(-c3ccccn3)c2s1. The molecule has 4 heteroatoms. The van der Waals surface area contributed by atoms with Crippen molar-refractivity contribution in [2.45, 2.75) is 0 Å². The van der Waals surface area contributed by atoms with Gasteiger partial charge in [-0.15, -0.1) is 11.3 Å². The van der Waals surface area contributed by atoms with Crippen LogP contribution >= 0.6 is 11.3 Å². The summed E-state index contributed by atoms with van der Waals surface area (Å²) in [5.41, 5.74) is 2.09. The van der Waals surface area contributed by atoms with E-state index in [1.54, 1.807) is 17.5 Å². The molecule has 0 aliphatic rings. The van der Waals surface area contributed by atoms with Crippen molar-refractivity contribution < 1.29 is 0 Å². The van der Waals surface area contributed by atoms with Gasteiger partial charge >= 0.3 is 0 Å². The number of hydrogen-bond donors (Lipinski definition) is 0. The highest BCUT2D eigenvalue weighted by molar-refractivity contribution is 7.16. The largest absolute Gasteiger partial charge is 0.237 e. The Labute approximate surface area is 120 Å². The number of thiophene rings is 1. The fourth-order valence-corrected chi connectivity index (χ4v) is 3.01. The van der Waals surface area contributed by atoms with Crippen LogP contribution in [0.5, 0.6) is 0 Å². The summed E-state index contributed by atoms with van der Waals surface area (Å²) in [4.78, 5) is 5.45. The topological polar surface area (TPSA) is 30.7 Å². The van der Waals surface area contributed by atoms with E-state index in [-0.39, 0.29) is 0 Å². The molecular formula is C16H10N3S. The maximum Gasteiger partial charge on any atom is 0.154 e. The second kappa shape index (κ2) is 4.58. The Hall–Kier alpha value is -2.46. The average molecular weight is 276 g/mol. The van der Waals surface area contributed by atoms with E-state index in [4.69, 9.17) is 5.10 Å². The van der Waals surface area contributed by atoms with Crippen molar-refractivity contribution in [2.24, 2.45) is 0 Å². The zero-order chi connectivity index (χ0) is 13.4. The molecule has 0 aliphatic heterocycles. The Morgan fingerprint density at radius 3 is 2.65 bits per heavy atom. The lowest BCUT2D eigenvalue weighted by Gasteiger charge is -1.99. The minimum Gasteiger partial charge on any atom is -0.237 e. The van der Waals surface area contributed by atoms with Crippen LogP contribution in [0.2, 0.25) is 0 Å². The predicted octanol–water partition coefficient (Wildman–Crippen LogP) is 3.95. The van der Waals surface area contributed by atoms with E-state index in [1.807, 2.05) is 47.1 Å². The molecule has 4 rings (SSSR count). The molecule has 1 radical (unpaired) electrons. The van der Waals surface area contributed by atoms with Crippen molar-refractivity contribution in [1.82, 2.24) is 14.8 Å². The fourth-order valence-electron chi connectivity index (χ4n) is 2.23. The van der Waals surface area contributed by atoms with Crippen LogP contribution in [0.4, 0.5) is 0 Å². The predicted molar refractivity (Wildman–Crippen MR) is 81.0 cm³/mol. The lowest BCUT2D eigenvalue weighted by molar-refractivity contribution is 0.884. The van der Waals surface area contributed by atoms with Crippen molar-refractivity contribution in [2.75, 3.05) is 0 Å². The lowest BCUT2D eigenvalue weighted by atomic mass is 10.1. The van der Waals surface area contributed by atoms with Gasteiger partial charge in [0.2, 0.25) is 0 Å². The van der Waals surface area contributed by atoms with Gasteiger partial charge < -0.3 is 0 Å². The molecule has 0 aliphatic carbocycles. The molecule has 0 spiro atoms. The highest BCUT2D eigenvalue weighted by Gasteiger charge is 2.14. The second-order valence-corrected chi connectivity index (χ2v) is 5.22. The Bertz CT molecular complexity index is 778. The molecule has 20 heavy (non-hydrogen) atoms. The van der Waals surface area contributed by atoms with Gasteiger partial charge in [0.1, 0.15) is 10.5 Å². The first kappa shape index (κ1) is 11.4. The number of hydrogen-bond acceptors (Lipinski definition) is 3. The zero-order valence-electron chi connectivity index (χ0n) is 10.5. The Balaban J connectivity index is 1.99. The van der Waals surface area contributed by atoms with E-state index in [2.05, 4.69) is 22.5 Å². The molecule has 0 unspecified atom stereocenters. The first-order valence-corrected chi connectivity index (χ1v) is 7.10. The van der Waals surface area contributed by atoms with E-state index in [9.17, 15) is 0 Å². The van der Waals surface area contributed by atoms with Crippen molar-refractivity contribution in [1.29, 1.82) is 0 Å². The molecule has 0 N–H and O–H groups in total. The molecule has 95 valence electrons. The van der Waals surface area contributed by atoms with Crippen LogP contribution in [0.15, 0.2) is 60.8 Å². The van der Waals surface area contributed by atoms with Crippen molar-refractivity contribution >= 4 is 21.6 Å². The summed E-state index contributed by atoms with van der Waals surface area (Å²) in [5.74, 6) is 0.829. The van der Waals surface area contributed by atoms with E-state index in [0.29, 0.717) is 0 Å². The van der Waals surface area contributed by atoms with Crippen LogP contribution in [0, 0.1) is 5.38 Å². The van der Waals surface area contributed by atoms with Crippen LogP contribution < -0.4 is 0 Å². The summed E-state index contributed by atoms with van der Waals surface area (Å²) in [5, 5.41) is 9.04. The van der Waals surface area contributed by atoms with Gasteiger partial charge in [-0.05, 0) is 18.2 Å². The number of fused-ring (bicyclic) bond motifs is 1. The van der Waals surface area contributed by atoms with Crippen molar-refractivity contribution in [3.05, 3.63) is 66.2 Å². The van der Waals surface area contributed by atoms with E-state index in [1.165, 1.54) is 0 Å². The maximum atomic E-state index is 4.73. The smallest absolute Gasteiger partial charge is 0.154 e. The normalized spacial score (nSPS) is 11.0. The summed E-state index contributed by atoms with van der Waals surface area (Å²) >= 11 is 1.56. The first-order chi connectivity index (χ1) is 9.93. The Kier molecular flexibility index (Phi) is 2.60. The summed E-state index contributed by atoms with van der Waals surface area (Å²) in [7, 11) is 0. The van der Waals surface area contributed by atoms with Crippen LogP contribution in [0.25, 0.3) is 27.3 Å². The number of benzene rings is 1. The number of nitrogens with zero attached hydrogens (tertiary/aromatic N) is 3. The molecule has 0 atom stereocenters. The van der Waals surface area contributed by atoms with Gasteiger partial charge in [-0.1, -0.05) is 36.4 Å². The van der Waals surface area contributed by atoms with E-state index >= 15 is 0 Å². The maximum absolute atomic E-state index is 4.73. The van der Waals surface area contributed by atoms with Gasteiger partial charge in [-0.25, -0.2) is 9.67 Å². The standard InChI is InChI=1S/C16H10N3S/c1-2-6-12(7-3-1)15-13-9-11-20-16(13)19(18-15)14-8-4-5-10-17-14/h1-10H. The molecule has 3 aromatic heterocycles. The molecule has 3 nitrogen and oxygen atoms in total. The zero-order valence-corrected chi connectivity index (χ0v) is 11.3. The number of pyridine rings is 1. The second-order valence-electron chi connectivity index (χ2n) is 4.40. The van der Waals surface area contributed by atoms with Crippen LogP contribution in [0.3, 0.4) is 0 Å². The van der Waals surface area contributed by atoms with Gasteiger partial charge in [0.05, 0.1) is 0 Å².